The first-order valence-corrected chi connectivity index (χ1v) is 9.83. The Balaban J connectivity index is 2.17. The molecule has 0 aliphatic heterocycles. The first-order valence-electron chi connectivity index (χ1n) is 6.31. The summed E-state index contributed by atoms with van der Waals surface area (Å²) in [5.41, 5.74) is 1.75. The highest BCUT2D eigenvalue weighted by Crippen LogP contribution is 2.21. The van der Waals surface area contributed by atoms with E-state index >= 15 is 0 Å². The van der Waals surface area contributed by atoms with Gasteiger partial charge in [0.15, 0.2) is 11.5 Å². The van der Waals surface area contributed by atoms with Crippen LogP contribution >= 0.6 is 0 Å². The van der Waals surface area contributed by atoms with Crippen LogP contribution in [0.2, 0.25) is 0 Å². The van der Waals surface area contributed by atoms with Crippen molar-refractivity contribution in [2.75, 3.05) is 7.11 Å². The third kappa shape index (κ3) is 4.77. The summed E-state index contributed by atoms with van der Waals surface area (Å²) in [6, 6.07) is 16.5. The minimum atomic E-state index is -4.08. The second-order valence-electron chi connectivity index (χ2n) is 4.49. The van der Waals surface area contributed by atoms with E-state index in [9.17, 15) is 13.0 Å². The minimum absolute atomic E-state index is 0.289. The first-order chi connectivity index (χ1) is 9.99. The molecular formula is C15H17O4S2+. The average molecular weight is 325 g/mol. The van der Waals surface area contributed by atoms with E-state index in [0.717, 1.165) is 11.1 Å². The van der Waals surface area contributed by atoms with Crippen molar-refractivity contribution in [2.45, 2.75) is 11.5 Å². The summed E-state index contributed by atoms with van der Waals surface area (Å²) < 4.78 is 37.7. The molecule has 112 valence electrons. The zero-order valence-electron chi connectivity index (χ0n) is 11.6. The molecular weight excluding hydrogens is 308 g/mol. The van der Waals surface area contributed by atoms with Crippen molar-refractivity contribution in [1.29, 1.82) is 0 Å². The van der Waals surface area contributed by atoms with Crippen LogP contribution in [0.1, 0.15) is 11.1 Å². The summed E-state index contributed by atoms with van der Waals surface area (Å²) in [6.07, 6.45) is 0. The lowest BCUT2D eigenvalue weighted by atomic mass is 10.2. The van der Waals surface area contributed by atoms with Gasteiger partial charge >= 0.3 is 9.15 Å². The van der Waals surface area contributed by atoms with Gasteiger partial charge in [-0.3, -0.25) is 0 Å². The van der Waals surface area contributed by atoms with Gasteiger partial charge in [-0.25, -0.2) is 4.55 Å². The monoisotopic (exact) mass is 325 g/mol. The largest absolute Gasteiger partial charge is 0.497 e. The van der Waals surface area contributed by atoms with Crippen molar-refractivity contribution in [2.24, 2.45) is 0 Å². The smallest absolute Gasteiger partial charge is 0.447 e. The van der Waals surface area contributed by atoms with Crippen LogP contribution in [0.15, 0.2) is 54.6 Å². The fraction of sp³-hybridized carbons (Fsp3) is 0.200. The summed E-state index contributed by atoms with van der Waals surface area (Å²) in [6.45, 7) is 0. The molecule has 0 amide bonds. The van der Waals surface area contributed by atoms with Gasteiger partial charge in [-0.2, -0.15) is 8.42 Å². The van der Waals surface area contributed by atoms with Crippen molar-refractivity contribution >= 4 is 19.1 Å². The fourth-order valence-corrected chi connectivity index (χ4v) is 5.11. The van der Waals surface area contributed by atoms with Gasteiger partial charge in [0.25, 0.3) is 0 Å². The second kappa shape index (κ2) is 6.98. The molecule has 0 heterocycles. The van der Waals surface area contributed by atoms with Crippen molar-refractivity contribution in [3.05, 3.63) is 65.7 Å². The van der Waals surface area contributed by atoms with E-state index in [0.29, 0.717) is 11.5 Å². The zero-order chi connectivity index (χ0) is 15.3. The third-order valence-electron chi connectivity index (χ3n) is 2.96. The third-order valence-corrected chi connectivity index (χ3v) is 7.36. The Morgan fingerprint density at radius 1 is 0.952 bits per heavy atom. The van der Waals surface area contributed by atoms with E-state index in [2.05, 4.69) is 0 Å². The molecule has 6 heteroatoms. The van der Waals surface area contributed by atoms with Crippen LogP contribution in [0.25, 0.3) is 0 Å². The summed E-state index contributed by atoms with van der Waals surface area (Å²) in [7, 11) is -3.67. The topological polar surface area (TPSA) is 63.6 Å². The number of benzene rings is 2. The Morgan fingerprint density at radius 2 is 1.48 bits per heavy atom. The molecule has 0 aromatic heterocycles. The van der Waals surface area contributed by atoms with Crippen LogP contribution in [-0.4, -0.2) is 20.1 Å². The molecule has 2 aromatic carbocycles. The Morgan fingerprint density at radius 3 is 1.95 bits per heavy atom. The highest BCUT2D eigenvalue weighted by atomic mass is 33.2. The molecule has 0 aliphatic rings. The SMILES string of the molecule is COc1ccc(C[S+](Cc2ccccc2)S(=O)(=O)O)cc1. The predicted octanol–water partition coefficient (Wildman–Crippen LogP) is 2.82. The van der Waals surface area contributed by atoms with Crippen LogP contribution < -0.4 is 4.74 Å². The number of hydrogen-bond donors (Lipinski definition) is 1. The molecule has 1 atom stereocenters. The summed E-state index contributed by atoms with van der Waals surface area (Å²) in [5.74, 6) is 1.32. The molecule has 2 rings (SSSR count). The van der Waals surface area contributed by atoms with Gasteiger partial charge in [0.2, 0.25) is 0 Å². The van der Waals surface area contributed by atoms with Crippen LogP contribution in [0.3, 0.4) is 0 Å². The highest BCUT2D eigenvalue weighted by Gasteiger charge is 2.34. The molecule has 1 N–H and O–H groups in total. The maximum absolute atomic E-state index is 11.6. The van der Waals surface area contributed by atoms with Crippen LogP contribution in [0, 0.1) is 0 Å². The Labute approximate surface area is 127 Å². The van der Waals surface area contributed by atoms with Gasteiger partial charge in [0, 0.05) is 11.1 Å². The zero-order valence-corrected chi connectivity index (χ0v) is 13.2. The highest BCUT2D eigenvalue weighted by molar-refractivity contribution is 8.66. The number of ether oxygens (including phenoxy) is 1. The molecule has 4 nitrogen and oxygen atoms in total. The molecule has 0 fully saturated rings. The lowest BCUT2D eigenvalue weighted by Gasteiger charge is -2.06. The van der Waals surface area contributed by atoms with Gasteiger partial charge in [0.05, 0.1) is 7.11 Å². The van der Waals surface area contributed by atoms with Crippen LogP contribution in [0.5, 0.6) is 5.75 Å². The average Bonchev–Trinajstić information content (AvgIpc) is 2.47. The quantitative estimate of drug-likeness (QED) is 0.504. The molecule has 1 unspecified atom stereocenters. The van der Waals surface area contributed by atoms with Gasteiger partial charge in [-0.1, -0.05) is 42.5 Å². The molecule has 21 heavy (non-hydrogen) atoms. The molecule has 0 saturated carbocycles. The molecule has 0 radical (unpaired) electrons. The van der Waals surface area contributed by atoms with E-state index in [1.165, 1.54) is 0 Å². The summed E-state index contributed by atoms with van der Waals surface area (Å²) in [5, 5.41) is 0. The lowest BCUT2D eigenvalue weighted by molar-refractivity contribution is 0.414. The molecule has 0 bridgehead atoms. The van der Waals surface area contributed by atoms with Gasteiger partial charge in [0.1, 0.15) is 15.7 Å². The maximum atomic E-state index is 11.6. The second-order valence-corrected chi connectivity index (χ2v) is 9.48. The van der Waals surface area contributed by atoms with Crippen LogP contribution in [0.4, 0.5) is 0 Å². The summed E-state index contributed by atoms with van der Waals surface area (Å²) >= 11 is 0. The van der Waals surface area contributed by atoms with Crippen molar-refractivity contribution < 1.29 is 17.7 Å². The van der Waals surface area contributed by atoms with Crippen molar-refractivity contribution in [3.63, 3.8) is 0 Å². The predicted molar refractivity (Wildman–Crippen MR) is 85.8 cm³/mol. The Kier molecular flexibility index (Phi) is 5.27. The van der Waals surface area contributed by atoms with Gasteiger partial charge in [-0.15, -0.1) is 0 Å². The minimum Gasteiger partial charge on any atom is -0.497 e. The van der Waals surface area contributed by atoms with Gasteiger partial charge in [-0.05, 0) is 12.1 Å². The standard InChI is InChI=1S/C15H16O4S2/c1-19-15-9-7-14(8-10-15)12-20(21(16,17)18)11-13-5-3-2-4-6-13/h2-10H,11-12H2,1H3/p+1. The first kappa shape index (κ1) is 15.9. The number of hydrogen-bond acceptors (Lipinski definition) is 3. The Bertz CT molecular complexity index is 667. The van der Waals surface area contributed by atoms with Crippen molar-refractivity contribution in [1.82, 2.24) is 0 Å². The number of rotatable bonds is 6. The molecule has 0 spiro atoms. The fourth-order valence-electron chi connectivity index (χ4n) is 1.87. The van der Waals surface area contributed by atoms with Gasteiger partial charge < -0.3 is 4.74 Å². The maximum Gasteiger partial charge on any atom is 0.447 e. The van der Waals surface area contributed by atoms with Crippen molar-refractivity contribution in [3.8, 4) is 5.75 Å². The van der Waals surface area contributed by atoms with E-state index in [4.69, 9.17) is 4.74 Å². The van der Waals surface area contributed by atoms with E-state index in [1.54, 1.807) is 19.2 Å². The molecule has 0 aliphatic carbocycles. The van der Waals surface area contributed by atoms with E-state index in [-0.39, 0.29) is 5.75 Å². The lowest BCUT2D eigenvalue weighted by Crippen LogP contribution is -2.19. The summed E-state index contributed by atoms with van der Waals surface area (Å²) in [4.78, 5) is 0. The van der Waals surface area contributed by atoms with E-state index < -0.39 is 19.1 Å². The molecule has 2 aromatic rings. The Hall–Kier alpha value is -1.50. The molecule has 0 saturated heterocycles. The number of methoxy groups -OCH3 is 1. The van der Waals surface area contributed by atoms with Crippen LogP contribution in [-0.2, 0) is 30.6 Å². The normalized spacial score (nSPS) is 12.9. The van der Waals surface area contributed by atoms with E-state index in [1.807, 2.05) is 42.5 Å².